The minimum Gasteiger partial charge on any atom is -0.496 e. The lowest BCUT2D eigenvalue weighted by Crippen LogP contribution is -2.81. The highest BCUT2D eigenvalue weighted by Crippen LogP contribution is 2.68. The van der Waals surface area contributed by atoms with Gasteiger partial charge in [-0.2, -0.15) is 8.42 Å². The first-order valence-corrected chi connectivity index (χ1v) is 56.1. The SMILES string of the molecule is CCN(CC)CC.CCOC(N)=O.CC[C@]1(O)C[C@H]2C[N@](CCc3c([nH]c4ccccc34)[C@@](C(=O)OC)(c3cc4c(cc3OC)N(C)[C@H]3[C@@](O)(C(N)=O)[C@H](O)[C@]5(CC)C=CCN6CC[C@]43[C@@H]65)C2)C1.CN(C)/N=N/c1[nH]cnc1C(N)=O.O=C(CCBr)N1CCN(C(=O)CCBr)CC1.O=S(=O)(O)O.OC(CBr)C(O)C(O)C(O)CBr.O[C@@H]([C@H](O)[C@H](O)CBr)[C@H](O)CBr.O[C@@H]([C@H](O)[C@H](O)CNCCCl)[C@H](O)CNCCCl. The quantitative estimate of drug-likeness (QED) is 0.00573. The number of hydrogen-bond acceptors (Lipinski definition) is 35. The summed E-state index contributed by atoms with van der Waals surface area (Å²) in [4.78, 5) is 95.2. The van der Waals surface area contributed by atoms with Gasteiger partial charge in [0, 0.05) is 207 Å². The number of alkyl halides is 8. The van der Waals surface area contributed by atoms with E-state index in [9.17, 15) is 80.1 Å². The molecule has 2 bridgehead atoms. The Hall–Kier alpha value is -4.92. The van der Waals surface area contributed by atoms with Gasteiger partial charge in [-0.05, 0) is 101 Å². The van der Waals surface area contributed by atoms with Crippen LogP contribution >= 0.6 is 119 Å². The Balaban J connectivity index is 0.000000490. The van der Waals surface area contributed by atoms with Crippen molar-refractivity contribution in [3.05, 3.63) is 83.0 Å². The number of likely N-dealkylation sites (N-methyl/N-ethyl adjacent to an activating group) is 1. The number of nitrogens with one attached hydrogen (secondary N) is 4. The number of piperazine rings is 1. The molecule has 8 heterocycles. The van der Waals surface area contributed by atoms with Crippen molar-refractivity contribution < 1.29 is 137 Å². The summed E-state index contributed by atoms with van der Waals surface area (Å²) in [7, 11) is 3.65. The first-order valence-electron chi connectivity index (χ1n) is 46.9. The standard InChI is InChI=1S/C43H55N5O7.C10H16Br2N2O2.C10H22Cl2N2O4.2C6H12Br2O4.C6H10N6O.C6H15N.C3H7NO2.H2O4S/c1-6-39(52)21-25-22-42(38(51)55-5,33-27(13-17-47(23-25)24-39)26-11-8-9-12-30(26)45-33)29-19-28-31(20-32(29)54-4)46(3)35-41(28)15-18-48-16-10-14-40(7-2,34(41)48)36(49)43(35,53)37(44)50;11-3-1-9(15)13-5-7-14(8-6-13)10(16)2-4-12;11-1-3-13-5-7(15)9(17)10(18)8(16)6-14-4-2-12;2*7-1-3(9)5(11)6(12)4(10)2-8;1-12(2)11-10-6-4(5(7)13)8-3-9-6;1-4-7(5-2)6-3;1-2-6-3(4)5;1-5(2,3)4/h8-12,14,19-20,25,34-36,45,49,52-53H,6-7,13,15-18,21-24H2,1-5H3,(H2,44,50);1-8H2;7-10,13-18H,1-6H2;2*3-6,9-12H,1-2H2;3H,1-2H3,(H2,7,13)(H,8,9);4-6H2,1-3H3;2H2,1H3,(H2,4,5);(H2,1,2,3,4)/b;;;;;11-10+;;;/t25-,34+,35-,36-,39+,40-,41-,42+,43+;;7-,8-,9-,10-;3-,4-,5-,6-;;;;;/m1.11...../s1. The lowest BCUT2D eigenvalue weighted by Gasteiger charge is -2.63. The van der Waals surface area contributed by atoms with Gasteiger partial charge < -0.3 is 148 Å². The van der Waals surface area contributed by atoms with E-state index in [2.05, 4.69) is 190 Å². The average Bonchev–Trinajstić information content (AvgIpc) is 1.46. The number of aliphatic hydroxyl groups excluding tert-OH is 13. The zero-order valence-corrected chi connectivity index (χ0v) is 94.8. The Labute approximate surface area is 901 Å². The fourth-order valence-corrected chi connectivity index (χ4v) is 21.3. The highest BCUT2D eigenvalue weighted by atomic mass is 79.9. The Morgan fingerprint density at radius 1 is 0.674 bits per heavy atom. The molecule has 45 nitrogen and oxygen atoms in total. The van der Waals surface area contributed by atoms with Crippen LogP contribution in [0.25, 0.3) is 10.9 Å². The zero-order valence-electron chi connectivity index (χ0n) is 83.0. The van der Waals surface area contributed by atoms with E-state index in [0.29, 0.717) is 151 Å². The highest BCUT2D eigenvalue weighted by molar-refractivity contribution is 9.10. The van der Waals surface area contributed by atoms with E-state index >= 15 is 4.79 Å². The minimum absolute atomic E-state index is 0.0790. The number of methoxy groups -OCH3 is 2. The van der Waals surface area contributed by atoms with E-state index in [-0.39, 0.29) is 69.7 Å². The number of aromatic nitrogens is 3. The number of nitrogens with two attached hydrogens (primary N) is 3. The number of esters is 1. The third-order valence-electron chi connectivity index (χ3n) is 25.9. The van der Waals surface area contributed by atoms with Gasteiger partial charge >= 0.3 is 22.5 Å². The van der Waals surface area contributed by atoms with Gasteiger partial charge in [0.2, 0.25) is 11.8 Å². The molecule has 22 atom stereocenters. The number of nitrogens with zero attached hydrogens (tertiary/aromatic N) is 10. The van der Waals surface area contributed by atoms with Crippen molar-refractivity contribution in [1.82, 2.24) is 55.1 Å². The topological polar surface area (TPSA) is 702 Å². The fourth-order valence-electron chi connectivity index (χ4n) is 18.8. The van der Waals surface area contributed by atoms with Crippen LogP contribution in [0.15, 0.2) is 65.2 Å². The second kappa shape index (κ2) is 64.8. The van der Waals surface area contributed by atoms with Crippen molar-refractivity contribution in [3.8, 4) is 5.75 Å². The number of imidazole rings is 1. The number of rotatable bonds is 38. The summed E-state index contributed by atoms with van der Waals surface area (Å²) in [6, 6.07) is 11.0. The molecule has 144 heavy (non-hydrogen) atoms. The van der Waals surface area contributed by atoms with Crippen LogP contribution in [0.2, 0.25) is 0 Å². The second-order valence-electron chi connectivity index (χ2n) is 35.2. The molecule has 2 aromatic heterocycles. The summed E-state index contributed by atoms with van der Waals surface area (Å²) >= 11 is 29.1. The van der Waals surface area contributed by atoms with Crippen LogP contribution in [-0.4, -0.2) is 467 Å². The number of piperidine rings is 1. The van der Waals surface area contributed by atoms with E-state index in [1.54, 1.807) is 28.1 Å². The van der Waals surface area contributed by atoms with Gasteiger partial charge in [-0.15, -0.1) is 28.3 Å². The molecule has 2 aromatic carbocycles. The van der Waals surface area contributed by atoms with E-state index in [1.807, 2.05) is 72.0 Å². The Bertz CT molecular complexity index is 4600. The molecule has 27 N–H and O–H groups in total. The molecule has 826 valence electrons. The monoisotopic (exact) mass is 2490 g/mol. The number of fused-ring (bicyclic) bond motifs is 6. The maximum atomic E-state index is 15.2. The molecule has 4 aromatic rings. The number of H-pyrrole nitrogens is 2. The number of carbonyl (C=O) groups excluding carboxylic acids is 6. The number of ether oxygens (including phenoxy) is 3. The predicted molar refractivity (Wildman–Crippen MR) is 567 cm³/mol. The van der Waals surface area contributed by atoms with Gasteiger partial charge in [-0.1, -0.05) is 166 Å². The number of carbonyl (C=O) groups is 6. The molecule has 1 aliphatic carbocycles. The average molecular weight is 2500 g/mol. The first kappa shape index (κ1) is 133. The highest BCUT2D eigenvalue weighted by Gasteiger charge is 2.78. The van der Waals surface area contributed by atoms with E-state index in [4.69, 9.17) is 82.1 Å². The lowest BCUT2D eigenvalue weighted by atomic mass is 9.47. The second-order valence-corrected chi connectivity index (χ2v) is 41.0. The zero-order chi connectivity index (χ0) is 109. The van der Waals surface area contributed by atoms with E-state index < -0.39 is 147 Å². The molecule has 4 unspecified atom stereocenters. The van der Waals surface area contributed by atoms with Crippen molar-refractivity contribution in [2.75, 3.05) is 195 Å². The summed E-state index contributed by atoms with van der Waals surface area (Å²) in [5.74, 6) is -0.255. The Morgan fingerprint density at radius 2 is 1.16 bits per heavy atom. The molecule has 7 aliphatic rings. The van der Waals surface area contributed by atoms with Crippen molar-refractivity contribution in [2.45, 2.75) is 206 Å². The van der Waals surface area contributed by atoms with Crippen LogP contribution in [0.3, 0.4) is 0 Å². The summed E-state index contributed by atoms with van der Waals surface area (Å²) in [5, 5.41) is 166. The minimum atomic E-state index is -4.67. The molecule has 6 aliphatic heterocycles. The number of aromatic amines is 2. The number of anilines is 1. The van der Waals surface area contributed by atoms with Crippen LogP contribution < -0.4 is 37.5 Å². The van der Waals surface area contributed by atoms with Gasteiger partial charge in [0.05, 0.1) is 75.4 Å². The third-order valence-corrected chi connectivity index (χ3v) is 29.8. The van der Waals surface area contributed by atoms with Crippen LogP contribution in [0.4, 0.5) is 16.3 Å². The number of aliphatic hydroxyl groups is 15. The number of benzene rings is 2. The molecule has 54 heteroatoms. The number of amides is 5. The third kappa shape index (κ3) is 36.1. The van der Waals surface area contributed by atoms with Crippen molar-refractivity contribution in [2.24, 2.45) is 38.9 Å². The first-order chi connectivity index (χ1) is 67.8. The van der Waals surface area contributed by atoms with Crippen molar-refractivity contribution in [3.63, 3.8) is 0 Å². The number of para-hydroxylation sites is 1. The number of hydrogen-bond donors (Lipinski definition) is 24. The Kier molecular flexibility index (Phi) is 60.0. The fraction of sp³-hybridized carbons (Fsp3) is 0.722. The van der Waals surface area contributed by atoms with Crippen LogP contribution in [-0.2, 0) is 56.3 Å². The molecule has 0 radical (unpaired) electrons. The maximum Gasteiger partial charge on any atom is 0.404 e. The molecule has 1 saturated carbocycles. The van der Waals surface area contributed by atoms with Gasteiger partial charge in [-0.25, -0.2) is 9.78 Å². The molecular formula is C90H151Br6Cl2N17O28S. The van der Waals surface area contributed by atoms with Gasteiger partial charge in [0.15, 0.2) is 17.1 Å². The van der Waals surface area contributed by atoms with Crippen LogP contribution in [0, 0.1) is 11.3 Å². The molecule has 3 saturated heterocycles. The molecular weight excluding hydrogens is 2350 g/mol. The van der Waals surface area contributed by atoms with Gasteiger partial charge in [0.25, 0.3) is 11.8 Å². The van der Waals surface area contributed by atoms with E-state index in [0.717, 1.165) is 46.5 Å². The molecule has 4 fully saturated rings. The van der Waals surface area contributed by atoms with Crippen LogP contribution in [0.5, 0.6) is 5.75 Å². The van der Waals surface area contributed by atoms with Gasteiger partial charge in [0.1, 0.15) is 53.9 Å². The summed E-state index contributed by atoms with van der Waals surface area (Å²) in [6.07, 6.45) is -7.38. The molecule has 11 rings (SSSR count). The number of primary amides is 3. The summed E-state index contributed by atoms with van der Waals surface area (Å²) in [5.41, 5.74) is 14.4. The summed E-state index contributed by atoms with van der Waals surface area (Å²) in [6.45, 7) is 23.4. The van der Waals surface area contributed by atoms with Crippen molar-refractivity contribution >= 4 is 187 Å². The molecule has 1 spiro atoms. The van der Waals surface area contributed by atoms with Crippen molar-refractivity contribution in [1.29, 1.82) is 0 Å². The maximum absolute atomic E-state index is 15.2. The summed E-state index contributed by atoms with van der Waals surface area (Å²) < 4.78 is 48.0. The van der Waals surface area contributed by atoms with Crippen LogP contribution in [0.1, 0.15) is 119 Å². The normalized spacial score (nSPS) is 24.8. The largest absolute Gasteiger partial charge is 0.496 e. The van der Waals surface area contributed by atoms with Gasteiger partial charge in [-0.3, -0.25) is 47.9 Å². The Morgan fingerprint density at radius 3 is 1.56 bits per heavy atom. The number of halogens is 8. The van der Waals surface area contributed by atoms with E-state index in [1.165, 1.54) is 38.1 Å². The predicted octanol–water partition coefficient (Wildman–Crippen LogP) is 1.35. The molecule has 5 amide bonds. The smallest absolute Gasteiger partial charge is 0.404 e. The lowest BCUT2D eigenvalue weighted by molar-refractivity contribution is -0.201.